The Hall–Kier alpha value is -1.36. The highest BCUT2D eigenvalue weighted by atomic mass is 19.3. The van der Waals surface area contributed by atoms with E-state index in [0.717, 1.165) is 12.0 Å². The summed E-state index contributed by atoms with van der Waals surface area (Å²) < 4.78 is 34.4. The Morgan fingerprint density at radius 3 is 2.67 bits per heavy atom. The van der Waals surface area contributed by atoms with Crippen molar-refractivity contribution in [3.05, 3.63) is 23.8 Å². The van der Waals surface area contributed by atoms with Crippen molar-refractivity contribution in [1.82, 2.24) is 5.32 Å². The lowest BCUT2D eigenvalue weighted by Crippen LogP contribution is -2.37. The molecule has 21 heavy (non-hydrogen) atoms. The number of nitrogens with one attached hydrogen (secondary N) is 1. The molecule has 1 aromatic carbocycles. The molecule has 0 aromatic heterocycles. The van der Waals surface area contributed by atoms with Gasteiger partial charge in [-0.2, -0.15) is 8.78 Å². The first kappa shape index (κ1) is 16.0. The first-order valence-corrected chi connectivity index (χ1v) is 7.27. The highest BCUT2D eigenvalue weighted by molar-refractivity contribution is 5.43. The lowest BCUT2D eigenvalue weighted by molar-refractivity contribution is -0.0512. The minimum absolute atomic E-state index is 0.0810. The van der Waals surface area contributed by atoms with E-state index < -0.39 is 6.61 Å². The van der Waals surface area contributed by atoms with Gasteiger partial charge in [-0.25, -0.2) is 0 Å². The van der Waals surface area contributed by atoms with Crippen LogP contribution in [0.5, 0.6) is 11.5 Å². The Morgan fingerprint density at radius 1 is 1.33 bits per heavy atom. The number of ether oxygens (including phenoxy) is 2. The highest BCUT2D eigenvalue weighted by Gasteiger charge is 2.33. The van der Waals surface area contributed by atoms with Crippen LogP contribution < -0.4 is 14.8 Å². The van der Waals surface area contributed by atoms with Gasteiger partial charge in [-0.15, -0.1) is 0 Å². The third-order valence-corrected chi connectivity index (χ3v) is 4.25. The summed E-state index contributed by atoms with van der Waals surface area (Å²) in [5.41, 5.74) is 1.20. The number of methoxy groups -OCH3 is 1. The van der Waals surface area contributed by atoms with E-state index in [1.54, 1.807) is 12.1 Å². The molecule has 1 fully saturated rings. The van der Waals surface area contributed by atoms with Crippen molar-refractivity contribution < 1.29 is 18.3 Å². The van der Waals surface area contributed by atoms with E-state index in [1.807, 2.05) is 6.07 Å². The molecule has 5 heteroatoms. The van der Waals surface area contributed by atoms with Gasteiger partial charge in [-0.05, 0) is 36.0 Å². The molecule has 118 valence electrons. The number of benzene rings is 1. The molecule has 0 radical (unpaired) electrons. The van der Waals surface area contributed by atoms with Crippen LogP contribution in [-0.4, -0.2) is 19.8 Å². The van der Waals surface area contributed by atoms with Crippen LogP contribution in [0.15, 0.2) is 18.2 Å². The molecule has 0 saturated heterocycles. The lowest BCUT2D eigenvalue weighted by Gasteiger charge is -2.28. The Labute approximate surface area is 124 Å². The first-order valence-electron chi connectivity index (χ1n) is 7.27. The smallest absolute Gasteiger partial charge is 0.387 e. The Bertz CT molecular complexity index is 477. The van der Waals surface area contributed by atoms with E-state index in [9.17, 15) is 8.78 Å². The van der Waals surface area contributed by atoms with Gasteiger partial charge in [0.2, 0.25) is 0 Å². The van der Waals surface area contributed by atoms with Crippen molar-refractivity contribution in [2.45, 2.75) is 52.3 Å². The maximum absolute atomic E-state index is 12.4. The van der Waals surface area contributed by atoms with E-state index in [1.165, 1.54) is 20.0 Å². The normalized spacial score (nSPS) is 20.8. The lowest BCUT2D eigenvalue weighted by atomic mass is 9.87. The summed E-state index contributed by atoms with van der Waals surface area (Å²) in [6.07, 6.45) is 3.60. The van der Waals surface area contributed by atoms with Crippen LogP contribution in [0.2, 0.25) is 0 Å². The molecule has 1 aliphatic rings. The van der Waals surface area contributed by atoms with Gasteiger partial charge in [-0.3, -0.25) is 0 Å². The Balaban J connectivity index is 2.03. The summed E-state index contributed by atoms with van der Waals surface area (Å²) in [6.45, 7) is 2.31. The van der Waals surface area contributed by atoms with Gasteiger partial charge in [0.25, 0.3) is 0 Å². The summed E-state index contributed by atoms with van der Waals surface area (Å²) in [7, 11) is 1.44. The summed E-state index contributed by atoms with van der Waals surface area (Å²) in [4.78, 5) is 0. The standard InChI is InChI=1S/C16H23F2NO2/c1-16(2)8-4-5-14(16)19-10-11-6-7-12(20-3)13(9-11)21-15(17)18/h6-7,9,14-15,19H,4-5,8,10H2,1-3H3. The third-order valence-electron chi connectivity index (χ3n) is 4.25. The number of hydrogen-bond acceptors (Lipinski definition) is 3. The zero-order chi connectivity index (χ0) is 15.5. The fourth-order valence-corrected chi connectivity index (χ4v) is 2.97. The van der Waals surface area contributed by atoms with E-state index in [-0.39, 0.29) is 11.2 Å². The molecule has 0 heterocycles. The van der Waals surface area contributed by atoms with Gasteiger partial charge in [0.15, 0.2) is 11.5 Å². The Morgan fingerprint density at radius 2 is 2.10 bits per heavy atom. The molecule has 1 atom stereocenters. The molecule has 1 N–H and O–H groups in total. The predicted molar refractivity (Wildman–Crippen MR) is 77.9 cm³/mol. The molecule has 0 aliphatic heterocycles. The van der Waals surface area contributed by atoms with Crippen LogP contribution in [0.25, 0.3) is 0 Å². The number of halogens is 2. The van der Waals surface area contributed by atoms with E-state index >= 15 is 0 Å². The summed E-state index contributed by atoms with van der Waals surface area (Å²) in [6, 6.07) is 5.60. The molecule has 2 rings (SSSR count). The average molecular weight is 299 g/mol. The molecular formula is C16H23F2NO2. The zero-order valence-corrected chi connectivity index (χ0v) is 12.8. The number of alkyl halides is 2. The van der Waals surface area contributed by atoms with Crippen LogP contribution in [0.3, 0.4) is 0 Å². The predicted octanol–water partition coefficient (Wildman–Crippen LogP) is 3.96. The van der Waals surface area contributed by atoms with Crippen LogP contribution >= 0.6 is 0 Å². The maximum atomic E-state index is 12.4. The van der Waals surface area contributed by atoms with Crippen LogP contribution in [0.4, 0.5) is 8.78 Å². The van der Waals surface area contributed by atoms with Crippen LogP contribution in [-0.2, 0) is 6.54 Å². The monoisotopic (exact) mass is 299 g/mol. The molecule has 3 nitrogen and oxygen atoms in total. The van der Waals surface area contributed by atoms with Gasteiger partial charge in [0.05, 0.1) is 7.11 Å². The van der Waals surface area contributed by atoms with E-state index in [4.69, 9.17) is 4.74 Å². The SMILES string of the molecule is COc1ccc(CNC2CCCC2(C)C)cc1OC(F)F. The van der Waals surface area contributed by atoms with Gasteiger partial charge in [0, 0.05) is 12.6 Å². The molecule has 1 saturated carbocycles. The molecule has 0 amide bonds. The average Bonchev–Trinajstić information content (AvgIpc) is 2.75. The zero-order valence-electron chi connectivity index (χ0n) is 12.8. The van der Waals surface area contributed by atoms with Crippen LogP contribution in [0.1, 0.15) is 38.7 Å². The van der Waals surface area contributed by atoms with Gasteiger partial charge < -0.3 is 14.8 Å². The largest absolute Gasteiger partial charge is 0.493 e. The number of hydrogen-bond donors (Lipinski definition) is 1. The topological polar surface area (TPSA) is 30.5 Å². The Kier molecular flexibility index (Phi) is 5.04. The summed E-state index contributed by atoms with van der Waals surface area (Å²) >= 11 is 0. The van der Waals surface area contributed by atoms with Gasteiger partial charge in [0.1, 0.15) is 0 Å². The summed E-state index contributed by atoms with van der Waals surface area (Å²) in [5.74, 6) is 0.401. The van der Waals surface area contributed by atoms with Gasteiger partial charge >= 0.3 is 6.61 Å². The molecule has 1 unspecified atom stereocenters. The molecule has 1 aliphatic carbocycles. The fourth-order valence-electron chi connectivity index (χ4n) is 2.97. The second kappa shape index (κ2) is 6.60. The van der Waals surface area contributed by atoms with Crippen molar-refractivity contribution in [2.75, 3.05) is 7.11 Å². The maximum Gasteiger partial charge on any atom is 0.387 e. The van der Waals surface area contributed by atoms with Crippen molar-refractivity contribution >= 4 is 0 Å². The minimum atomic E-state index is -2.85. The van der Waals surface area contributed by atoms with E-state index in [0.29, 0.717) is 18.3 Å². The highest BCUT2D eigenvalue weighted by Crippen LogP contribution is 2.37. The molecule has 0 spiro atoms. The molecule has 1 aromatic rings. The van der Waals surface area contributed by atoms with Crippen molar-refractivity contribution in [3.8, 4) is 11.5 Å². The van der Waals surface area contributed by atoms with Crippen LogP contribution in [0, 0.1) is 5.41 Å². The number of rotatable bonds is 6. The second-order valence-corrected chi connectivity index (χ2v) is 6.18. The molecule has 0 bridgehead atoms. The van der Waals surface area contributed by atoms with Crippen molar-refractivity contribution in [3.63, 3.8) is 0 Å². The van der Waals surface area contributed by atoms with Gasteiger partial charge in [-0.1, -0.05) is 26.3 Å². The molecular weight excluding hydrogens is 276 g/mol. The quantitative estimate of drug-likeness (QED) is 0.862. The third kappa shape index (κ3) is 4.06. The van der Waals surface area contributed by atoms with Crippen molar-refractivity contribution in [1.29, 1.82) is 0 Å². The second-order valence-electron chi connectivity index (χ2n) is 6.18. The van der Waals surface area contributed by atoms with Crippen molar-refractivity contribution in [2.24, 2.45) is 5.41 Å². The summed E-state index contributed by atoms with van der Waals surface area (Å²) in [5, 5.41) is 3.52. The van der Waals surface area contributed by atoms with E-state index in [2.05, 4.69) is 23.9 Å². The minimum Gasteiger partial charge on any atom is -0.493 e. The fraction of sp³-hybridized carbons (Fsp3) is 0.625. The first-order chi connectivity index (χ1) is 9.92.